The molecule has 2 aromatic carbocycles. The molecule has 2 aromatic rings. The molecule has 0 N–H and O–H groups in total. The van der Waals surface area contributed by atoms with Crippen LogP contribution in [0.25, 0.3) is 6.08 Å². The van der Waals surface area contributed by atoms with E-state index in [1.54, 1.807) is 18.2 Å². The maximum Gasteiger partial charge on any atom is 0.305 e. The molecule has 0 aromatic heterocycles. The van der Waals surface area contributed by atoms with E-state index < -0.39 is 0 Å². The van der Waals surface area contributed by atoms with Crippen LogP contribution >= 0.6 is 63.1 Å². The molecule has 0 radical (unpaired) electrons. The molecule has 0 atom stereocenters. The van der Waals surface area contributed by atoms with Crippen LogP contribution in [0.3, 0.4) is 0 Å². The third kappa shape index (κ3) is 8.35. The zero-order valence-electron chi connectivity index (χ0n) is 20.4. The molecule has 1 fully saturated rings. The Morgan fingerprint density at radius 3 is 2.68 bits per heavy atom. The first-order valence-electron chi connectivity index (χ1n) is 11.7. The van der Waals surface area contributed by atoms with E-state index in [0.29, 0.717) is 61.4 Å². The largest absolute Gasteiger partial charge is 0.490 e. The van der Waals surface area contributed by atoms with E-state index in [4.69, 9.17) is 49.6 Å². The second-order valence-electron chi connectivity index (χ2n) is 7.94. The SMILES string of the molecule is CCCOC(=O)CCCN1C(=O)/C(=C/c2cc(Br)c(OCc3ccc(Cl)cc3Cl)c(OCC)c2)SC1=S. The van der Waals surface area contributed by atoms with Crippen molar-refractivity contribution in [3.63, 3.8) is 0 Å². The summed E-state index contributed by atoms with van der Waals surface area (Å²) in [5.41, 5.74) is 1.53. The second-order valence-corrected chi connectivity index (χ2v) is 11.3. The third-order valence-corrected chi connectivity index (χ3v) is 7.67. The summed E-state index contributed by atoms with van der Waals surface area (Å²) >= 11 is 22.5. The van der Waals surface area contributed by atoms with Gasteiger partial charge in [-0.1, -0.05) is 60.2 Å². The lowest BCUT2D eigenvalue weighted by molar-refractivity contribution is -0.144. The molecule has 1 aliphatic heterocycles. The first-order valence-corrected chi connectivity index (χ1v) is 14.4. The number of benzene rings is 2. The van der Waals surface area contributed by atoms with Gasteiger partial charge in [-0.05, 0) is 71.6 Å². The monoisotopic (exact) mass is 645 g/mol. The number of nitrogens with zero attached hydrogens (tertiary/aromatic N) is 1. The van der Waals surface area contributed by atoms with Crippen LogP contribution in [0.4, 0.5) is 0 Å². The topological polar surface area (TPSA) is 65.1 Å². The van der Waals surface area contributed by atoms with Gasteiger partial charge >= 0.3 is 5.97 Å². The molecule has 0 spiro atoms. The number of hydrogen-bond acceptors (Lipinski definition) is 7. The first kappa shape index (κ1) is 29.8. The molecule has 1 saturated heterocycles. The maximum absolute atomic E-state index is 13.0. The van der Waals surface area contributed by atoms with E-state index in [2.05, 4.69) is 15.9 Å². The minimum atomic E-state index is -0.267. The van der Waals surface area contributed by atoms with Gasteiger partial charge in [0, 0.05) is 28.6 Å². The van der Waals surface area contributed by atoms with Crippen LogP contribution in [-0.2, 0) is 20.9 Å². The lowest BCUT2D eigenvalue weighted by Gasteiger charge is -2.15. The quantitative estimate of drug-likeness (QED) is 0.133. The van der Waals surface area contributed by atoms with Crippen LogP contribution in [0.1, 0.15) is 44.2 Å². The lowest BCUT2D eigenvalue weighted by Crippen LogP contribution is -2.29. The molecule has 11 heteroatoms. The van der Waals surface area contributed by atoms with Crippen molar-refractivity contribution in [3.05, 3.63) is 60.9 Å². The molecule has 1 heterocycles. The number of thioether (sulfide) groups is 1. The van der Waals surface area contributed by atoms with Crippen molar-refractivity contribution in [2.24, 2.45) is 0 Å². The summed E-state index contributed by atoms with van der Waals surface area (Å²) in [7, 11) is 0. The Labute approximate surface area is 244 Å². The molecular weight excluding hydrogens is 621 g/mol. The Balaban J connectivity index is 1.72. The predicted molar refractivity (Wildman–Crippen MR) is 156 cm³/mol. The van der Waals surface area contributed by atoms with E-state index in [1.165, 1.54) is 16.7 Å². The Kier molecular flexibility index (Phi) is 11.6. The van der Waals surface area contributed by atoms with Gasteiger partial charge in [-0.3, -0.25) is 14.5 Å². The van der Waals surface area contributed by atoms with E-state index >= 15 is 0 Å². The number of halogens is 3. The molecule has 1 amide bonds. The molecule has 6 nitrogen and oxygen atoms in total. The van der Waals surface area contributed by atoms with Crippen molar-refractivity contribution in [1.29, 1.82) is 0 Å². The lowest BCUT2D eigenvalue weighted by atomic mass is 10.1. The number of carbonyl (C=O) groups excluding carboxylic acids is 2. The molecule has 3 rings (SSSR count). The highest BCUT2D eigenvalue weighted by molar-refractivity contribution is 9.10. The average molecular weight is 647 g/mol. The zero-order chi connectivity index (χ0) is 26.9. The first-order chi connectivity index (χ1) is 17.7. The molecular formula is C26H26BrCl2NO5S2. The number of ether oxygens (including phenoxy) is 3. The highest BCUT2D eigenvalue weighted by Gasteiger charge is 2.32. The summed E-state index contributed by atoms with van der Waals surface area (Å²) in [6.07, 6.45) is 3.26. The second kappa shape index (κ2) is 14.4. The van der Waals surface area contributed by atoms with E-state index in [9.17, 15) is 9.59 Å². The van der Waals surface area contributed by atoms with Crippen LogP contribution in [0.5, 0.6) is 11.5 Å². The number of rotatable bonds is 12. The van der Waals surface area contributed by atoms with Crippen molar-refractivity contribution < 1.29 is 23.8 Å². The molecule has 0 aliphatic carbocycles. The van der Waals surface area contributed by atoms with Crippen molar-refractivity contribution in [2.45, 2.75) is 39.7 Å². The standard InChI is InChI=1S/C26H26BrCl2NO5S2/c1-3-10-34-23(31)6-5-9-30-25(32)22(37-26(30)36)13-16-11-19(27)24(21(12-16)33-4-2)35-15-17-7-8-18(28)14-20(17)29/h7-8,11-14H,3-6,9-10,15H2,1-2H3/b22-13-. The van der Waals surface area contributed by atoms with Crippen molar-refractivity contribution in [3.8, 4) is 11.5 Å². The van der Waals surface area contributed by atoms with Crippen LogP contribution in [0, 0.1) is 0 Å². The van der Waals surface area contributed by atoms with Gasteiger partial charge in [0.2, 0.25) is 0 Å². The van der Waals surface area contributed by atoms with Gasteiger partial charge in [0.1, 0.15) is 10.9 Å². The maximum atomic E-state index is 13.0. The smallest absolute Gasteiger partial charge is 0.305 e. The fourth-order valence-electron chi connectivity index (χ4n) is 3.38. The summed E-state index contributed by atoms with van der Waals surface area (Å²) in [5, 5.41) is 1.06. The summed E-state index contributed by atoms with van der Waals surface area (Å²) in [5.74, 6) is 0.585. The van der Waals surface area contributed by atoms with Gasteiger partial charge in [0.05, 0.1) is 22.6 Å². The Hall–Kier alpha value is -1.78. The normalized spacial score (nSPS) is 14.4. The fraction of sp³-hybridized carbons (Fsp3) is 0.346. The highest BCUT2D eigenvalue weighted by Crippen LogP contribution is 2.40. The number of thiocarbonyl (C=S) groups is 1. The van der Waals surface area contributed by atoms with Crippen molar-refractivity contribution >= 4 is 85.4 Å². The Bertz CT molecular complexity index is 1210. The Morgan fingerprint density at radius 2 is 1.97 bits per heavy atom. The van der Waals surface area contributed by atoms with E-state index in [-0.39, 0.29) is 24.9 Å². The fourth-order valence-corrected chi connectivity index (χ4v) is 5.72. The van der Waals surface area contributed by atoms with Gasteiger partial charge < -0.3 is 14.2 Å². The van der Waals surface area contributed by atoms with Crippen LogP contribution in [-0.4, -0.2) is 40.9 Å². The minimum absolute atomic E-state index is 0.191. The average Bonchev–Trinajstić information content (AvgIpc) is 3.10. The van der Waals surface area contributed by atoms with Gasteiger partial charge in [-0.25, -0.2) is 0 Å². The summed E-state index contributed by atoms with van der Waals surface area (Å²) in [6, 6.07) is 8.88. The molecule has 1 aliphatic rings. The van der Waals surface area contributed by atoms with Gasteiger partial charge in [0.15, 0.2) is 11.5 Å². The molecule has 37 heavy (non-hydrogen) atoms. The minimum Gasteiger partial charge on any atom is -0.490 e. The molecule has 198 valence electrons. The zero-order valence-corrected chi connectivity index (χ0v) is 25.1. The molecule has 0 unspecified atom stereocenters. The van der Waals surface area contributed by atoms with Gasteiger partial charge in [-0.2, -0.15) is 0 Å². The van der Waals surface area contributed by atoms with Crippen LogP contribution in [0.2, 0.25) is 10.0 Å². The summed E-state index contributed by atoms with van der Waals surface area (Å²) in [4.78, 5) is 26.7. The van der Waals surface area contributed by atoms with Gasteiger partial charge in [-0.15, -0.1) is 0 Å². The third-order valence-electron chi connectivity index (χ3n) is 5.12. The number of amides is 1. The van der Waals surface area contributed by atoms with Crippen molar-refractivity contribution in [2.75, 3.05) is 19.8 Å². The van der Waals surface area contributed by atoms with Crippen molar-refractivity contribution in [1.82, 2.24) is 4.90 Å². The van der Waals surface area contributed by atoms with E-state index in [0.717, 1.165) is 17.5 Å². The number of esters is 1. The van der Waals surface area contributed by atoms with Crippen LogP contribution < -0.4 is 9.47 Å². The van der Waals surface area contributed by atoms with Crippen LogP contribution in [0.15, 0.2) is 39.7 Å². The number of hydrogen-bond donors (Lipinski definition) is 0. The Morgan fingerprint density at radius 1 is 1.19 bits per heavy atom. The predicted octanol–water partition coefficient (Wildman–Crippen LogP) is 7.67. The molecule has 0 saturated carbocycles. The van der Waals surface area contributed by atoms with E-state index in [1.807, 2.05) is 32.0 Å². The highest BCUT2D eigenvalue weighted by atomic mass is 79.9. The number of carbonyl (C=O) groups is 2. The molecule has 0 bridgehead atoms. The summed E-state index contributed by atoms with van der Waals surface area (Å²) < 4.78 is 18.1. The van der Waals surface area contributed by atoms with Gasteiger partial charge in [0.25, 0.3) is 5.91 Å². The summed E-state index contributed by atoms with van der Waals surface area (Å²) in [6.45, 7) is 5.23.